The van der Waals surface area contributed by atoms with E-state index in [2.05, 4.69) is 195 Å². The van der Waals surface area contributed by atoms with Gasteiger partial charge in [0.15, 0.2) is 0 Å². The molecule has 8 aromatic carbocycles. The Kier molecular flexibility index (Phi) is 10.2. The van der Waals surface area contributed by atoms with Crippen molar-refractivity contribution in [2.45, 2.75) is 0 Å². The van der Waals surface area contributed by atoms with Crippen molar-refractivity contribution in [1.29, 1.82) is 0 Å². The normalized spacial score (nSPS) is 10.9. The number of halogens is 1. The second kappa shape index (κ2) is 15.8. The molecule has 0 saturated heterocycles. The molecule has 260 valence electrons. The Labute approximate surface area is 323 Å². The summed E-state index contributed by atoms with van der Waals surface area (Å²) in [5.41, 5.74) is 10.4. The van der Waals surface area contributed by atoms with Gasteiger partial charge in [-0.05, 0) is 83.3 Å². The van der Waals surface area contributed by atoms with Gasteiger partial charge >= 0.3 is 7.12 Å². The van der Waals surface area contributed by atoms with E-state index in [0.29, 0.717) is 5.46 Å². The number of hydrogen-bond acceptors (Lipinski definition) is 2. The van der Waals surface area contributed by atoms with Gasteiger partial charge in [0.25, 0.3) is 0 Å². The van der Waals surface area contributed by atoms with Crippen molar-refractivity contribution in [3.63, 3.8) is 0 Å². The predicted octanol–water partition coefficient (Wildman–Crippen LogP) is 11.4. The number of nitrogens with zero attached hydrogens (tertiary/aromatic N) is 2. The zero-order chi connectivity index (χ0) is 36.9. The van der Waals surface area contributed by atoms with Crippen LogP contribution in [-0.4, -0.2) is 26.3 Å². The van der Waals surface area contributed by atoms with Crippen LogP contribution in [0.4, 0.5) is 0 Å². The summed E-state index contributed by atoms with van der Waals surface area (Å²) in [6.07, 6.45) is 0. The third kappa shape index (κ3) is 7.11. The van der Waals surface area contributed by atoms with Crippen molar-refractivity contribution in [2.24, 2.45) is 0 Å². The van der Waals surface area contributed by atoms with Crippen LogP contribution in [-0.2, 0) is 0 Å². The predicted molar refractivity (Wildman–Crippen MR) is 231 cm³/mol. The molecule has 10 rings (SSSR count). The lowest BCUT2D eigenvalue weighted by molar-refractivity contribution is 0.426. The van der Waals surface area contributed by atoms with E-state index in [1.165, 1.54) is 66.1 Å². The third-order valence-electron chi connectivity index (χ3n) is 9.54. The molecule has 0 spiro atoms. The molecule has 0 aliphatic heterocycles. The highest BCUT2D eigenvalue weighted by Crippen LogP contribution is 2.35. The maximum atomic E-state index is 8.58. The standard InChI is InChI=1S/C24H17N.C18H12BrN.C6H7BO2/c1-3-9-18(10-4-1)19-15-16-24-22(17-19)21-13-7-8-14-23(21)25(24)20-11-5-2-6-12-20;19-13-10-11-18-16(12-13)15-8-4-5-9-17(15)20(18)14-6-2-1-3-7-14;8-7(9)6-4-2-1-3-5-6/h1-17H;1-12H;1-5,8-9H. The van der Waals surface area contributed by atoms with E-state index in [1.54, 1.807) is 24.3 Å². The van der Waals surface area contributed by atoms with Crippen LogP contribution in [0.5, 0.6) is 0 Å². The molecular formula is C48H36BBrN2O2. The van der Waals surface area contributed by atoms with Crippen molar-refractivity contribution in [3.05, 3.63) is 211 Å². The number of benzene rings is 8. The summed E-state index contributed by atoms with van der Waals surface area (Å²) in [6, 6.07) is 70.7. The van der Waals surface area contributed by atoms with Crippen LogP contribution in [0.2, 0.25) is 0 Å². The Morgan fingerprint density at radius 2 is 0.759 bits per heavy atom. The third-order valence-corrected chi connectivity index (χ3v) is 10.0. The summed E-state index contributed by atoms with van der Waals surface area (Å²) in [5, 5.41) is 22.3. The maximum absolute atomic E-state index is 8.58. The van der Waals surface area contributed by atoms with Gasteiger partial charge in [0.2, 0.25) is 0 Å². The van der Waals surface area contributed by atoms with Gasteiger partial charge in [-0.3, -0.25) is 0 Å². The molecule has 0 bridgehead atoms. The first-order valence-electron chi connectivity index (χ1n) is 17.9. The lowest BCUT2D eigenvalue weighted by Gasteiger charge is -2.08. The van der Waals surface area contributed by atoms with Gasteiger partial charge in [0.05, 0.1) is 22.1 Å². The van der Waals surface area contributed by atoms with E-state index in [4.69, 9.17) is 10.0 Å². The summed E-state index contributed by atoms with van der Waals surface area (Å²) in [4.78, 5) is 0. The topological polar surface area (TPSA) is 50.3 Å². The molecule has 0 atom stereocenters. The minimum Gasteiger partial charge on any atom is -0.423 e. The van der Waals surface area contributed by atoms with Crippen LogP contribution in [0.1, 0.15) is 0 Å². The molecule has 2 N–H and O–H groups in total. The van der Waals surface area contributed by atoms with Crippen molar-refractivity contribution < 1.29 is 10.0 Å². The molecule has 6 heteroatoms. The minimum absolute atomic E-state index is 0.525. The summed E-state index contributed by atoms with van der Waals surface area (Å²) >= 11 is 3.57. The monoisotopic (exact) mass is 762 g/mol. The maximum Gasteiger partial charge on any atom is 0.488 e. The molecule has 0 aliphatic carbocycles. The van der Waals surface area contributed by atoms with Crippen molar-refractivity contribution in [1.82, 2.24) is 9.13 Å². The molecule has 0 aliphatic rings. The fraction of sp³-hybridized carbons (Fsp3) is 0. The van der Waals surface area contributed by atoms with E-state index in [1.807, 2.05) is 12.1 Å². The van der Waals surface area contributed by atoms with E-state index in [9.17, 15) is 0 Å². The van der Waals surface area contributed by atoms with Crippen molar-refractivity contribution in [3.8, 4) is 22.5 Å². The first-order chi connectivity index (χ1) is 26.6. The van der Waals surface area contributed by atoms with Gasteiger partial charge in [-0.25, -0.2) is 0 Å². The molecule has 54 heavy (non-hydrogen) atoms. The second-order valence-corrected chi connectivity index (χ2v) is 13.8. The van der Waals surface area contributed by atoms with Gasteiger partial charge in [-0.2, -0.15) is 0 Å². The van der Waals surface area contributed by atoms with Gasteiger partial charge in [-0.15, -0.1) is 0 Å². The summed E-state index contributed by atoms with van der Waals surface area (Å²) in [7, 11) is -1.34. The highest BCUT2D eigenvalue weighted by atomic mass is 79.9. The highest BCUT2D eigenvalue weighted by Gasteiger charge is 2.14. The SMILES string of the molecule is Brc1ccc2c(c1)c1ccccc1n2-c1ccccc1.OB(O)c1ccccc1.c1ccc(-c2ccc3c(c2)c2ccccc2n3-c2ccccc2)cc1. The number of hydrogen-bond donors (Lipinski definition) is 2. The molecule has 2 heterocycles. The molecule has 4 nitrogen and oxygen atoms in total. The van der Waals surface area contributed by atoms with E-state index in [-0.39, 0.29) is 0 Å². The Balaban J connectivity index is 0.000000127. The fourth-order valence-electron chi connectivity index (χ4n) is 7.06. The van der Waals surface area contributed by atoms with Crippen LogP contribution >= 0.6 is 15.9 Å². The highest BCUT2D eigenvalue weighted by molar-refractivity contribution is 9.10. The Bertz CT molecular complexity index is 2800. The fourth-order valence-corrected chi connectivity index (χ4v) is 7.42. The van der Waals surface area contributed by atoms with Gasteiger partial charge < -0.3 is 19.2 Å². The minimum atomic E-state index is -1.34. The summed E-state index contributed by atoms with van der Waals surface area (Å²) < 4.78 is 5.78. The molecule has 2 aromatic heterocycles. The first-order valence-corrected chi connectivity index (χ1v) is 18.7. The lowest BCUT2D eigenvalue weighted by atomic mass is 9.81. The van der Waals surface area contributed by atoms with Gasteiger partial charge in [0, 0.05) is 37.4 Å². The van der Waals surface area contributed by atoms with Crippen LogP contribution < -0.4 is 5.46 Å². The molecule has 0 radical (unpaired) electrons. The summed E-state index contributed by atoms with van der Waals surface area (Å²) in [6.45, 7) is 0. The molecule has 0 amide bonds. The molecule has 0 saturated carbocycles. The first kappa shape index (κ1) is 34.9. The largest absolute Gasteiger partial charge is 0.488 e. The van der Waals surface area contributed by atoms with Crippen LogP contribution in [0.25, 0.3) is 66.1 Å². The quantitative estimate of drug-likeness (QED) is 0.175. The zero-order valence-electron chi connectivity index (χ0n) is 29.4. The second-order valence-electron chi connectivity index (χ2n) is 12.9. The van der Waals surface area contributed by atoms with Crippen LogP contribution in [0, 0.1) is 0 Å². The van der Waals surface area contributed by atoms with Crippen molar-refractivity contribution in [2.75, 3.05) is 0 Å². The molecule has 0 fully saturated rings. The van der Waals surface area contributed by atoms with E-state index >= 15 is 0 Å². The van der Waals surface area contributed by atoms with Gasteiger partial charge in [-0.1, -0.05) is 155 Å². The van der Waals surface area contributed by atoms with Crippen molar-refractivity contribution >= 4 is 72.1 Å². The number of fused-ring (bicyclic) bond motifs is 6. The number of rotatable bonds is 4. The average Bonchev–Trinajstić information content (AvgIpc) is 3.75. The molecular weight excluding hydrogens is 727 g/mol. The van der Waals surface area contributed by atoms with E-state index < -0.39 is 7.12 Å². The Hall–Kier alpha value is -6.18. The van der Waals surface area contributed by atoms with Crippen LogP contribution in [0.15, 0.2) is 211 Å². The number of aromatic nitrogens is 2. The van der Waals surface area contributed by atoms with E-state index in [0.717, 1.165) is 4.47 Å². The zero-order valence-corrected chi connectivity index (χ0v) is 31.0. The molecule has 0 unspecified atom stereocenters. The number of para-hydroxylation sites is 4. The van der Waals surface area contributed by atoms with Gasteiger partial charge in [0.1, 0.15) is 0 Å². The Morgan fingerprint density at radius 1 is 0.352 bits per heavy atom. The lowest BCUT2D eigenvalue weighted by Crippen LogP contribution is -2.29. The average molecular weight is 764 g/mol. The summed E-state index contributed by atoms with van der Waals surface area (Å²) in [5.74, 6) is 0. The molecule has 10 aromatic rings. The van der Waals surface area contributed by atoms with Crippen LogP contribution in [0.3, 0.4) is 0 Å². The smallest absolute Gasteiger partial charge is 0.423 e. The Morgan fingerprint density at radius 3 is 1.26 bits per heavy atom.